The number of fused-ring (bicyclic) bond motifs is 8. The van der Waals surface area contributed by atoms with Crippen molar-refractivity contribution < 1.29 is 0 Å². The van der Waals surface area contributed by atoms with E-state index >= 15 is 0 Å². The molecule has 1 heterocycles. The summed E-state index contributed by atoms with van der Waals surface area (Å²) in [5.41, 5.74) is 7.58. The van der Waals surface area contributed by atoms with E-state index in [1.54, 1.807) is 0 Å². The summed E-state index contributed by atoms with van der Waals surface area (Å²) in [6, 6.07) is 51.7. The fourth-order valence-electron chi connectivity index (χ4n) is 8.40. The number of anilines is 4. The van der Waals surface area contributed by atoms with Gasteiger partial charge in [-0.25, -0.2) is 0 Å². The molecule has 1 aliphatic heterocycles. The highest BCUT2D eigenvalue weighted by Crippen LogP contribution is 2.53. The molecule has 8 aromatic rings. The standard InChI is InChI=1S/C48H48N2P2Si2/c1-31-17-19-37-25-43-47(29-39(37)21-31)51(53(3,4)5)45-27-35-15-11-9-13-33(35)23-41(45)49-42-24-34-14-10-12-16-36(34)28-46(42)52(54(6,7)8)48-30-40-22-32(2)18-20-38(40)26-44(48)50-43/h9-30,49-50H,1-8H3. The van der Waals surface area contributed by atoms with Crippen molar-refractivity contribution >= 4 is 117 Å². The lowest BCUT2D eigenvalue weighted by molar-refractivity contribution is 1.50. The second kappa shape index (κ2) is 13.2. The SMILES string of the molecule is Cc1ccc2cc3c(cc2c1)P([Si](C)(C)C)c1cc2ccccc2cc1Nc1cc2ccccc2cc1P([Si](C)(C)C)c1cc2cc(C)ccc2cc1N3. The van der Waals surface area contributed by atoms with Gasteiger partial charge in [0.15, 0.2) is 0 Å². The first-order chi connectivity index (χ1) is 25.8. The Morgan fingerprint density at radius 1 is 0.333 bits per heavy atom. The molecule has 0 amide bonds. The van der Waals surface area contributed by atoms with Crippen LogP contribution in [0.4, 0.5) is 22.7 Å². The average Bonchev–Trinajstić information content (AvgIpc) is 3.11. The molecule has 0 saturated carbocycles. The molecule has 0 aliphatic carbocycles. The van der Waals surface area contributed by atoms with Gasteiger partial charge >= 0.3 is 0 Å². The average molecular weight is 771 g/mol. The Bertz CT molecular complexity index is 2610. The molecule has 0 spiro atoms. The van der Waals surface area contributed by atoms with Gasteiger partial charge in [-0.05, 0) is 105 Å². The molecule has 6 heteroatoms. The number of hydrogen-bond acceptors (Lipinski definition) is 2. The molecule has 2 nitrogen and oxygen atoms in total. The Hall–Kier alpha value is -4.31. The minimum absolute atomic E-state index is 0.751. The first kappa shape index (κ1) is 35.4. The van der Waals surface area contributed by atoms with Gasteiger partial charge in [-0.1, -0.05) is 150 Å². The Morgan fingerprint density at radius 3 is 0.926 bits per heavy atom. The quantitative estimate of drug-likeness (QED) is 0.135. The molecule has 0 saturated heterocycles. The van der Waals surface area contributed by atoms with Gasteiger partial charge in [-0.3, -0.25) is 0 Å². The van der Waals surface area contributed by atoms with E-state index in [1.807, 2.05) is 0 Å². The number of aryl methyl sites for hydroxylation is 2. The lowest BCUT2D eigenvalue weighted by Gasteiger charge is -2.37. The van der Waals surface area contributed by atoms with Crippen LogP contribution in [0.15, 0.2) is 133 Å². The second-order valence-corrected chi connectivity index (χ2v) is 39.8. The predicted octanol–water partition coefficient (Wildman–Crippen LogP) is 13.3. The van der Waals surface area contributed by atoms with Crippen molar-refractivity contribution in [2.75, 3.05) is 10.6 Å². The summed E-state index contributed by atoms with van der Waals surface area (Å²) in [4.78, 5) is 0. The number of benzene rings is 8. The lowest BCUT2D eigenvalue weighted by Crippen LogP contribution is -2.35. The molecular formula is C48H48N2P2Si2. The largest absolute Gasteiger partial charge is 0.354 e. The van der Waals surface area contributed by atoms with Crippen LogP contribution in [-0.4, -0.2) is 15.5 Å². The van der Waals surface area contributed by atoms with Gasteiger partial charge < -0.3 is 10.6 Å². The van der Waals surface area contributed by atoms with Crippen molar-refractivity contribution in [1.82, 2.24) is 0 Å². The molecule has 2 N–H and O–H groups in total. The smallest absolute Gasteiger partial charge is 0.0829 e. The normalized spacial score (nSPS) is 16.1. The van der Waals surface area contributed by atoms with Crippen molar-refractivity contribution in [2.45, 2.75) is 53.1 Å². The van der Waals surface area contributed by atoms with Crippen LogP contribution in [0.1, 0.15) is 11.1 Å². The number of hydrogen-bond donors (Lipinski definition) is 2. The molecule has 0 radical (unpaired) electrons. The van der Waals surface area contributed by atoms with Crippen LogP contribution in [0.5, 0.6) is 0 Å². The monoisotopic (exact) mass is 770 g/mol. The van der Waals surface area contributed by atoms with Crippen LogP contribution >= 0.6 is 14.9 Å². The van der Waals surface area contributed by atoms with Crippen LogP contribution in [-0.2, 0) is 0 Å². The van der Waals surface area contributed by atoms with Gasteiger partial charge in [-0.2, -0.15) is 0 Å². The van der Waals surface area contributed by atoms with Gasteiger partial charge in [0.25, 0.3) is 0 Å². The summed E-state index contributed by atoms with van der Waals surface area (Å²) in [5, 5.41) is 24.7. The van der Waals surface area contributed by atoms with Gasteiger partial charge in [-0.15, -0.1) is 0 Å². The maximum atomic E-state index is 4.27. The molecule has 54 heavy (non-hydrogen) atoms. The summed E-state index contributed by atoms with van der Waals surface area (Å²) in [6.07, 6.45) is 0. The maximum absolute atomic E-state index is 4.27. The maximum Gasteiger partial charge on any atom is 0.0829 e. The third-order valence-corrected chi connectivity index (χ3v) is 27.8. The third kappa shape index (κ3) is 6.38. The van der Waals surface area contributed by atoms with Gasteiger partial charge in [0.05, 0.1) is 15.5 Å². The van der Waals surface area contributed by atoms with Crippen molar-refractivity contribution in [3.8, 4) is 0 Å². The molecule has 2 unspecified atom stereocenters. The molecule has 0 aromatic heterocycles. The van der Waals surface area contributed by atoms with Crippen molar-refractivity contribution in [3.63, 3.8) is 0 Å². The summed E-state index contributed by atoms with van der Waals surface area (Å²) in [6.45, 7) is 19.9. The van der Waals surface area contributed by atoms with Crippen LogP contribution in [0, 0.1) is 13.8 Å². The minimum Gasteiger partial charge on any atom is -0.354 e. The highest BCUT2D eigenvalue weighted by Gasteiger charge is 2.37. The molecule has 2 atom stereocenters. The Labute approximate surface area is 324 Å². The molecule has 1 aliphatic rings. The fraction of sp³-hybridized carbons (Fsp3) is 0.167. The minimum atomic E-state index is -1.89. The molecule has 8 aromatic carbocycles. The van der Waals surface area contributed by atoms with E-state index in [2.05, 4.69) is 197 Å². The topological polar surface area (TPSA) is 24.1 Å². The van der Waals surface area contributed by atoms with Crippen LogP contribution < -0.4 is 31.9 Å². The van der Waals surface area contributed by atoms with E-state index < -0.39 is 30.4 Å². The van der Waals surface area contributed by atoms with Crippen molar-refractivity contribution in [1.29, 1.82) is 0 Å². The summed E-state index contributed by atoms with van der Waals surface area (Å²) in [7, 11) is -5.29. The predicted molar refractivity (Wildman–Crippen MR) is 251 cm³/mol. The molecule has 0 bridgehead atoms. The van der Waals surface area contributed by atoms with Crippen LogP contribution in [0.25, 0.3) is 43.1 Å². The van der Waals surface area contributed by atoms with Crippen molar-refractivity contribution in [3.05, 3.63) is 145 Å². The van der Waals surface area contributed by atoms with E-state index in [9.17, 15) is 0 Å². The van der Waals surface area contributed by atoms with E-state index in [4.69, 9.17) is 0 Å². The molecule has 9 rings (SSSR count). The lowest BCUT2D eigenvalue weighted by atomic mass is 10.1. The fourth-order valence-corrected chi connectivity index (χ4v) is 25.2. The molecular weight excluding hydrogens is 723 g/mol. The summed E-state index contributed by atoms with van der Waals surface area (Å²) >= 11 is 0. The first-order valence-electron chi connectivity index (χ1n) is 19.1. The molecule has 268 valence electrons. The van der Waals surface area contributed by atoms with E-state index in [0.29, 0.717) is 0 Å². The summed E-state index contributed by atoms with van der Waals surface area (Å²) < 4.78 is 0. The Kier molecular flexibility index (Phi) is 8.64. The number of rotatable bonds is 2. The zero-order chi connectivity index (χ0) is 37.5. The van der Waals surface area contributed by atoms with Crippen molar-refractivity contribution in [2.24, 2.45) is 0 Å². The third-order valence-electron chi connectivity index (χ3n) is 10.8. The highest BCUT2D eigenvalue weighted by atomic mass is 31.4. The van der Waals surface area contributed by atoms with Gasteiger partial charge in [0.2, 0.25) is 0 Å². The second-order valence-electron chi connectivity index (χ2n) is 17.1. The van der Waals surface area contributed by atoms with E-state index in [0.717, 1.165) is 0 Å². The van der Waals surface area contributed by atoms with Crippen LogP contribution in [0.3, 0.4) is 0 Å². The first-order valence-corrected chi connectivity index (χ1v) is 30.5. The Morgan fingerprint density at radius 2 is 0.611 bits per heavy atom. The zero-order valence-corrected chi connectivity index (χ0v) is 36.4. The van der Waals surface area contributed by atoms with Gasteiger partial charge in [0, 0.05) is 44.0 Å². The Balaban J connectivity index is 1.46. The highest BCUT2D eigenvalue weighted by molar-refractivity contribution is 8.05. The van der Waals surface area contributed by atoms with E-state index in [1.165, 1.54) is 98.2 Å². The van der Waals surface area contributed by atoms with E-state index in [-0.39, 0.29) is 0 Å². The zero-order valence-electron chi connectivity index (χ0n) is 32.6. The van der Waals surface area contributed by atoms with Gasteiger partial charge in [0.1, 0.15) is 0 Å². The number of nitrogens with one attached hydrogen (secondary N) is 2. The van der Waals surface area contributed by atoms with Crippen LogP contribution in [0.2, 0.25) is 39.3 Å². The summed E-state index contributed by atoms with van der Waals surface area (Å²) in [5.74, 6) is 0. The molecule has 0 fully saturated rings.